The summed E-state index contributed by atoms with van der Waals surface area (Å²) in [6, 6.07) is 0.208. The zero-order valence-corrected chi connectivity index (χ0v) is 13.6. The molecule has 2 unspecified atom stereocenters. The highest BCUT2D eigenvalue weighted by Gasteiger charge is 2.33. The number of nitrogens with one attached hydrogen (secondary N) is 1. The van der Waals surface area contributed by atoms with E-state index >= 15 is 0 Å². The monoisotopic (exact) mass is 287 g/mol. The van der Waals surface area contributed by atoms with Crippen molar-refractivity contribution in [3.05, 3.63) is 16.4 Å². The summed E-state index contributed by atoms with van der Waals surface area (Å²) in [5, 5.41) is 8.65. The molecule has 5 heteroatoms. The molecule has 0 aliphatic carbocycles. The van der Waals surface area contributed by atoms with Gasteiger partial charge in [-0.05, 0) is 26.8 Å². The lowest BCUT2D eigenvalue weighted by atomic mass is 9.89. The van der Waals surface area contributed by atoms with Crippen LogP contribution < -0.4 is 5.32 Å². The summed E-state index contributed by atoms with van der Waals surface area (Å²) in [6.45, 7) is 9.22. The number of nitrogens with zero attached hydrogens (tertiary/aromatic N) is 2. The van der Waals surface area contributed by atoms with Gasteiger partial charge in [0.1, 0.15) is 0 Å². The number of aromatic nitrogens is 2. The minimum absolute atomic E-state index is 0.208. The Bertz CT molecular complexity index is 413. The van der Waals surface area contributed by atoms with Crippen LogP contribution in [0.25, 0.3) is 0 Å². The maximum absolute atomic E-state index is 6.34. The first-order valence-electron chi connectivity index (χ1n) is 6.86. The summed E-state index contributed by atoms with van der Waals surface area (Å²) in [6.07, 6.45) is 1.75. The first kappa shape index (κ1) is 16.5. The Morgan fingerprint density at radius 3 is 2.47 bits per heavy atom. The zero-order valence-electron chi connectivity index (χ0n) is 12.9. The van der Waals surface area contributed by atoms with Gasteiger partial charge in [-0.15, -0.1) is 0 Å². The molecule has 0 aliphatic rings. The van der Waals surface area contributed by atoms with Crippen molar-refractivity contribution in [1.82, 2.24) is 15.1 Å². The second-order valence-electron chi connectivity index (χ2n) is 5.15. The van der Waals surface area contributed by atoms with Crippen LogP contribution in [0, 0.1) is 6.92 Å². The quantitative estimate of drug-likeness (QED) is 0.838. The highest BCUT2D eigenvalue weighted by molar-refractivity contribution is 6.31. The topological polar surface area (TPSA) is 39.1 Å². The number of rotatable bonds is 7. The van der Waals surface area contributed by atoms with E-state index in [4.69, 9.17) is 16.3 Å². The van der Waals surface area contributed by atoms with Gasteiger partial charge in [-0.25, -0.2) is 0 Å². The summed E-state index contributed by atoms with van der Waals surface area (Å²) in [4.78, 5) is 0. The Morgan fingerprint density at radius 1 is 1.47 bits per heavy atom. The van der Waals surface area contributed by atoms with E-state index in [1.807, 2.05) is 18.7 Å². The van der Waals surface area contributed by atoms with E-state index in [0.717, 1.165) is 35.8 Å². The van der Waals surface area contributed by atoms with E-state index in [1.165, 1.54) is 0 Å². The van der Waals surface area contributed by atoms with Crippen molar-refractivity contribution in [3.63, 3.8) is 0 Å². The van der Waals surface area contributed by atoms with Crippen molar-refractivity contribution in [3.8, 4) is 0 Å². The minimum atomic E-state index is -0.211. The Hall–Kier alpha value is -0.580. The Labute approximate surface area is 121 Å². The summed E-state index contributed by atoms with van der Waals surface area (Å²) in [7, 11) is 3.71. The van der Waals surface area contributed by atoms with E-state index in [9.17, 15) is 0 Å². The number of likely N-dealkylation sites (N-methyl/N-ethyl adjacent to an activating group) is 1. The fraction of sp³-hybridized carbons (Fsp3) is 0.786. The predicted molar refractivity (Wildman–Crippen MR) is 79.8 cm³/mol. The summed E-state index contributed by atoms with van der Waals surface area (Å²) >= 11 is 6.34. The molecular formula is C14H26ClN3O. The first-order chi connectivity index (χ1) is 8.89. The standard InChI is InChI=1S/C14H26ClN3O/c1-7-14(4,19-6)12(16-8-2)9-11-13(15)10(3)17-18(11)5/h12,16H,7-9H2,1-6H3. The number of halogens is 1. The van der Waals surface area contributed by atoms with Gasteiger partial charge in [0.05, 0.1) is 22.0 Å². The van der Waals surface area contributed by atoms with Crippen LogP contribution in [0.3, 0.4) is 0 Å². The van der Waals surface area contributed by atoms with Gasteiger partial charge in [-0.2, -0.15) is 5.10 Å². The van der Waals surface area contributed by atoms with Gasteiger partial charge in [0.25, 0.3) is 0 Å². The van der Waals surface area contributed by atoms with Crippen molar-refractivity contribution in [1.29, 1.82) is 0 Å². The fourth-order valence-electron chi connectivity index (χ4n) is 2.38. The van der Waals surface area contributed by atoms with Crippen LogP contribution in [0.4, 0.5) is 0 Å². The third-order valence-electron chi connectivity index (χ3n) is 4.02. The highest BCUT2D eigenvalue weighted by Crippen LogP contribution is 2.26. The van der Waals surface area contributed by atoms with Gasteiger partial charge in [-0.1, -0.05) is 25.4 Å². The highest BCUT2D eigenvalue weighted by atomic mass is 35.5. The molecular weight excluding hydrogens is 262 g/mol. The van der Waals surface area contributed by atoms with Crippen LogP contribution in [0.15, 0.2) is 0 Å². The lowest BCUT2D eigenvalue weighted by Crippen LogP contribution is -2.51. The molecule has 0 amide bonds. The van der Waals surface area contributed by atoms with Crippen molar-refractivity contribution in [2.45, 2.75) is 52.2 Å². The number of methoxy groups -OCH3 is 1. The first-order valence-corrected chi connectivity index (χ1v) is 7.23. The van der Waals surface area contributed by atoms with Gasteiger partial charge in [0, 0.05) is 26.6 Å². The minimum Gasteiger partial charge on any atom is -0.377 e. The van der Waals surface area contributed by atoms with Gasteiger partial charge < -0.3 is 10.1 Å². The molecule has 1 aromatic heterocycles. The van der Waals surface area contributed by atoms with Crippen LogP contribution in [-0.4, -0.2) is 35.1 Å². The third-order valence-corrected chi connectivity index (χ3v) is 4.51. The van der Waals surface area contributed by atoms with E-state index in [1.54, 1.807) is 7.11 Å². The molecule has 1 N–H and O–H groups in total. The number of aryl methyl sites for hydroxylation is 2. The maximum Gasteiger partial charge on any atom is 0.0847 e. The molecule has 2 atom stereocenters. The van der Waals surface area contributed by atoms with Gasteiger partial charge in [0.2, 0.25) is 0 Å². The van der Waals surface area contributed by atoms with Crippen LogP contribution in [0.5, 0.6) is 0 Å². The molecule has 4 nitrogen and oxygen atoms in total. The zero-order chi connectivity index (χ0) is 14.6. The number of ether oxygens (including phenoxy) is 1. The van der Waals surface area contributed by atoms with E-state index < -0.39 is 0 Å². The molecule has 0 aromatic carbocycles. The smallest absolute Gasteiger partial charge is 0.0847 e. The predicted octanol–water partition coefficient (Wildman–Crippen LogP) is 2.72. The van der Waals surface area contributed by atoms with Crippen molar-refractivity contribution in [2.24, 2.45) is 7.05 Å². The normalized spacial score (nSPS) is 16.4. The van der Waals surface area contributed by atoms with Crippen LogP contribution in [0.2, 0.25) is 5.02 Å². The molecule has 110 valence electrons. The molecule has 0 aliphatic heterocycles. The van der Waals surface area contributed by atoms with E-state index in [2.05, 4.69) is 31.2 Å². The fourth-order valence-corrected chi connectivity index (χ4v) is 2.62. The lowest BCUT2D eigenvalue weighted by Gasteiger charge is -2.36. The van der Waals surface area contributed by atoms with Crippen molar-refractivity contribution < 1.29 is 4.74 Å². The van der Waals surface area contributed by atoms with E-state index in [0.29, 0.717) is 0 Å². The Kier molecular flexibility index (Phi) is 5.83. The van der Waals surface area contributed by atoms with Crippen molar-refractivity contribution in [2.75, 3.05) is 13.7 Å². The van der Waals surface area contributed by atoms with E-state index in [-0.39, 0.29) is 11.6 Å². The largest absolute Gasteiger partial charge is 0.377 e. The third kappa shape index (κ3) is 3.50. The summed E-state index contributed by atoms with van der Waals surface area (Å²) in [5.74, 6) is 0. The molecule has 0 saturated carbocycles. The second kappa shape index (κ2) is 6.73. The van der Waals surface area contributed by atoms with Crippen molar-refractivity contribution >= 4 is 11.6 Å². The molecule has 0 bridgehead atoms. The molecule has 0 saturated heterocycles. The number of hydrogen-bond donors (Lipinski definition) is 1. The SMILES string of the molecule is CCNC(Cc1c(Cl)c(C)nn1C)C(C)(CC)OC. The van der Waals surface area contributed by atoms with Crippen LogP contribution in [0.1, 0.15) is 38.6 Å². The second-order valence-corrected chi connectivity index (χ2v) is 5.53. The maximum atomic E-state index is 6.34. The Balaban J connectivity index is 3.02. The molecule has 0 radical (unpaired) electrons. The molecule has 1 heterocycles. The molecule has 1 rings (SSSR count). The van der Waals surface area contributed by atoms with Crippen LogP contribution in [-0.2, 0) is 18.2 Å². The Morgan fingerprint density at radius 2 is 2.11 bits per heavy atom. The summed E-state index contributed by atoms with van der Waals surface area (Å²) < 4.78 is 7.59. The van der Waals surface area contributed by atoms with Gasteiger partial charge in [-0.3, -0.25) is 4.68 Å². The van der Waals surface area contributed by atoms with Gasteiger partial charge >= 0.3 is 0 Å². The average Bonchev–Trinajstić information content (AvgIpc) is 2.63. The molecule has 19 heavy (non-hydrogen) atoms. The summed E-state index contributed by atoms with van der Waals surface area (Å²) in [5.41, 5.74) is 1.73. The number of hydrogen-bond acceptors (Lipinski definition) is 3. The lowest BCUT2D eigenvalue weighted by molar-refractivity contribution is -0.0287. The van der Waals surface area contributed by atoms with Gasteiger partial charge in [0.15, 0.2) is 0 Å². The molecule has 1 aromatic rings. The van der Waals surface area contributed by atoms with Crippen LogP contribution >= 0.6 is 11.6 Å². The molecule has 0 fully saturated rings. The average molecular weight is 288 g/mol. The molecule has 0 spiro atoms.